The van der Waals surface area contributed by atoms with Crippen LogP contribution in [0.2, 0.25) is 10.0 Å². The van der Waals surface area contributed by atoms with Crippen LogP contribution in [0.4, 0.5) is 0 Å². The molecule has 1 aliphatic rings. The van der Waals surface area contributed by atoms with Crippen LogP contribution in [0, 0.1) is 11.3 Å². The van der Waals surface area contributed by atoms with Gasteiger partial charge in [-0.05, 0) is 41.2 Å². The molecule has 0 saturated heterocycles. The molecule has 0 spiro atoms. The molecule has 0 fully saturated rings. The topological polar surface area (TPSA) is 23.9 Å². The molecule has 1 nitrogen and oxygen atoms in total. The van der Waals surface area contributed by atoms with E-state index in [1.54, 1.807) is 0 Å². The molecule has 0 heterocycles. The maximum absolute atomic E-state index is 8.26. The summed E-state index contributed by atoms with van der Waals surface area (Å²) in [6, 6.07) is 14.0. The van der Waals surface area contributed by atoms with Gasteiger partial charge in [0.15, 0.2) is 0 Å². The van der Waals surface area contributed by atoms with Gasteiger partial charge in [-0.15, -0.1) is 0 Å². The van der Waals surface area contributed by atoms with Gasteiger partial charge in [0.2, 0.25) is 0 Å². The Labute approximate surface area is 129 Å². The number of hydrogen-bond acceptors (Lipinski definition) is 1. The zero-order chi connectivity index (χ0) is 14.3. The van der Waals surface area contributed by atoms with E-state index in [1.807, 2.05) is 36.4 Å². The number of rotatable bonds is 1. The smallest absolute Gasteiger partial charge is 0.0595 e. The fourth-order valence-electron chi connectivity index (χ4n) is 2.95. The summed E-state index contributed by atoms with van der Waals surface area (Å²) >= 11 is 12.2. The SMILES string of the molecule is CC1CC(c2ccc(Cl)c(Cl)c2)c2ccccc2C1=N. The lowest BCUT2D eigenvalue weighted by atomic mass is 9.73. The molecule has 2 atom stereocenters. The highest BCUT2D eigenvalue weighted by Gasteiger charge is 2.29. The molecule has 0 radical (unpaired) electrons. The first-order valence-electron chi connectivity index (χ1n) is 6.70. The van der Waals surface area contributed by atoms with Crippen molar-refractivity contribution in [3.05, 3.63) is 69.2 Å². The molecule has 2 unspecified atom stereocenters. The van der Waals surface area contributed by atoms with Gasteiger partial charge in [0, 0.05) is 11.6 Å². The van der Waals surface area contributed by atoms with E-state index in [9.17, 15) is 0 Å². The fraction of sp³-hybridized carbons (Fsp3) is 0.235. The van der Waals surface area contributed by atoms with Crippen molar-refractivity contribution >= 4 is 28.9 Å². The number of hydrogen-bond donors (Lipinski definition) is 1. The minimum Gasteiger partial charge on any atom is -0.304 e. The molecule has 0 saturated carbocycles. The molecule has 20 heavy (non-hydrogen) atoms. The highest BCUT2D eigenvalue weighted by Crippen LogP contribution is 2.40. The van der Waals surface area contributed by atoms with Crippen LogP contribution in [-0.2, 0) is 0 Å². The van der Waals surface area contributed by atoms with Crippen molar-refractivity contribution in [3.8, 4) is 0 Å². The second kappa shape index (κ2) is 5.23. The highest BCUT2D eigenvalue weighted by molar-refractivity contribution is 6.42. The molecule has 0 aliphatic heterocycles. The Morgan fingerprint density at radius 3 is 2.55 bits per heavy atom. The van der Waals surface area contributed by atoms with Crippen molar-refractivity contribution in [2.75, 3.05) is 0 Å². The van der Waals surface area contributed by atoms with E-state index in [0.29, 0.717) is 10.0 Å². The molecule has 1 aliphatic carbocycles. The van der Waals surface area contributed by atoms with Gasteiger partial charge in [-0.25, -0.2) is 0 Å². The van der Waals surface area contributed by atoms with E-state index in [1.165, 1.54) is 11.1 Å². The first-order valence-corrected chi connectivity index (χ1v) is 7.46. The van der Waals surface area contributed by atoms with Gasteiger partial charge >= 0.3 is 0 Å². The molecule has 2 aromatic carbocycles. The van der Waals surface area contributed by atoms with Crippen LogP contribution < -0.4 is 0 Å². The minimum atomic E-state index is 0.254. The molecule has 3 rings (SSSR count). The van der Waals surface area contributed by atoms with Crippen LogP contribution in [0.3, 0.4) is 0 Å². The van der Waals surface area contributed by atoms with Crippen LogP contribution >= 0.6 is 23.2 Å². The van der Waals surface area contributed by atoms with E-state index in [2.05, 4.69) is 13.0 Å². The number of halogens is 2. The Kier molecular flexibility index (Phi) is 3.57. The van der Waals surface area contributed by atoms with Gasteiger partial charge < -0.3 is 5.41 Å². The minimum absolute atomic E-state index is 0.254. The monoisotopic (exact) mass is 303 g/mol. The van der Waals surface area contributed by atoms with E-state index < -0.39 is 0 Å². The van der Waals surface area contributed by atoms with E-state index in [0.717, 1.165) is 17.7 Å². The Morgan fingerprint density at radius 2 is 1.80 bits per heavy atom. The van der Waals surface area contributed by atoms with Crippen molar-refractivity contribution in [1.29, 1.82) is 5.41 Å². The summed E-state index contributed by atoms with van der Waals surface area (Å²) in [5.74, 6) is 0.537. The third-order valence-electron chi connectivity index (χ3n) is 4.05. The van der Waals surface area contributed by atoms with E-state index >= 15 is 0 Å². The summed E-state index contributed by atoms with van der Waals surface area (Å²) in [4.78, 5) is 0. The predicted octanol–water partition coefficient (Wildman–Crippen LogP) is 5.53. The Balaban J connectivity index is 2.12. The van der Waals surface area contributed by atoms with Crippen molar-refractivity contribution < 1.29 is 0 Å². The molecule has 102 valence electrons. The molecule has 0 amide bonds. The maximum atomic E-state index is 8.26. The Hall–Kier alpha value is -1.31. The number of fused-ring (bicyclic) bond motifs is 1. The summed E-state index contributed by atoms with van der Waals surface area (Å²) in [5, 5.41) is 9.43. The largest absolute Gasteiger partial charge is 0.304 e. The second-order valence-electron chi connectivity index (χ2n) is 5.36. The summed E-state index contributed by atoms with van der Waals surface area (Å²) in [5.41, 5.74) is 4.18. The second-order valence-corrected chi connectivity index (χ2v) is 6.18. The van der Waals surface area contributed by atoms with Crippen molar-refractivity contribution in [3.63, 3.8) is 0 Å². The Bertz CT molecular complexity index is 678. The first kappa shape index (κ1) is 13.7. The van der Waals surface area contributed by atoms with Crippen molar-refractivity contribution in [2.45, 2.75) is 19.3 Å². The van der Waals surface area contributed by atoms with Crippen LogP contribution in [0.15, 0.2) is 42.5 Å². The maximum Gasteiger partial charge on any atom is 0.0595 e. The molecule has 0 aromatic heterocycles. The van der Waals surface area contributed by atoms with Crippen molar-refractivity contribution in [2.24, 2.45) is 5.92 Å². The summed E-state index contributed by atoms with van der Waals surface area (Å²) in [6.45, 7) is 2.11. The normalized spacial score (nSPS) is 21.6. The number of benzene rings is 2. The first-order chi connectivity index (χ1) is 9.58. The lowest BCUT2D eigenvalue weighted by Crippen LogP contribution is -2.24. The zero-order valence-corrected chi connectivity index (χ0v) is 12.7. The average Bonchev–Trinajstić information content (AvgIpc) is 2.46. The van der Waals surface area contributed by atoms with Gasteiger partial charge in [-0.2, -0.15) is 0 Å². The van der Waals surface area contributed by atoms with Crippen LogP contribution in [0.1, 0.15) is 36.0 Å². The molecule has 0 bridgehead atoms. The molecule has 3 heteroatoms. The van der Waals surface area contributed by atoms with Crippen LogP contribution in [0.25, 0.3) is 0 Å². The highest BCUT2D eigenvalue weighted by atomic mass is 35.5. The lowest BCUT2D eigenvalue weighted by molar-refractivity contribution is 0.596. The fourth-order valence-corrected chi connectivity index (χ4v) is 3.26. The summed E-state index contributed by atoms with van der Waals surface area (Å²) in [6.07, 6.45) is 0.938. The van der Waals surface area contributed by atoms with Gasteiger partial charge in [0.05, 0.1) is 10.0 Å². The predicted molar refractivity (Wildman–Crippen MR) is 85.4 cm³/mol. The van der Waals surface area contributed by atoms with Crippen LogP contribution in [-0.4, -0.2) is 5.71 Å². The standard InChI is InChI=1S/C17H15Cl2N/c1-10-8-14(11-6-7-15(18)16(19)9-11)12-4-2-3-5-13(12)17(10)20/h2-7,9-10,14,20H,8H2,1H3. The van der Waals surface area contributed by atoms with E-state index in [4.69, 9.17) is 28.6 Å². The van der Waals surface area contributed by atoms with Gasteiger partial charge in [0.25, 0.3) is 0 Å². The average molecular weight is 304 g/mol. The van der Waals surface area contributed by atoms with Crippen LogP contribution in [0.5, 0.6) is 0 Å². The van der Waals surface area contributed by atoms with Gasteiger partial charge in [-0.3, -0.25) is 0 Å². The van der Waals surface area contributed by atoms with Gasteiger partial charge in [0.1, 0.15) is 0 Å². The lowest BCUT2D eigenvalue weighted by Gasteiger charge is -2.31. The Morgan fingerprint density at radius 1 is 1.05 bits per heavy atom. The van der Waals surface area contributed by atoms with Crippen molar-refractivity contribution in [1.82, 2.24) is 0 Å². The molecular weight excluding hydrogens is 289 g/mol. The molecule has 1 N–H and O–H groups in total. The molecule has 2 aromatic rings. The van der Waals surface area contributed by atoms with E-state index in [-0.39, 0.29) is 11.8 Å². The quantitative estimate of drug-likeness (QED) is 0.716. The third-order valence-corrected chi connectivity index (χ3v) is 4.79. The summed E-state index contributed by atoms with van der Waals surface area (Å²) < 4.78 is 0. The third kappa shape index (κ3) is 2.25. The van der Waals surface area contributed by atoms with Gasteiger partial charge in [-0.1, -0.05) is 60.5 Å². The molecular formula is C17H15Cl2N. The zero-order valence-electron chi connectivity index (χ0n) is 11.2. The number of nitrogens with one attached hydrogen (secondary N) is 1. The summed E-state index contributed by atoms with van der Waals surface area (Å²) in [7, 11) is 0.